The van der Waals surface area contributed by atoms with Gasteiger partial charge in [0.05, 0.1) is 33.0 Å². The van der Waals surface area contributed by atoms with E-state index in [9.17, 15) is 0 Å². The summed E-state index contributed by atoms with van der Waals surface area (Å²) < 4.78 is 33.1. The Balaban J connectivity index is 0.000000517. The van der Waals surface area contributed by atoms with E-state index in [2.05, 4.69) is 267 Å². The summed E-state index contributed by atoms with van der Waals surface area (Å²) in [6, 6.07) is 50.4. The summed E-state index contributed by atoms with van der Waals surface area (Å²) >= 11 is 0. The predicted molar refractivity (Wildman–Crippen MR) is 375 cm³/mol. The van der Waals surface area contributed by atoms with Gasteiger partial charge in [-0.2, -0.15) is 0 Å². The van der Waals surface area contributed by atoms with E-state index in [1.54, 1.807) is 7.11 Å². The summed E-state index contributed by atoms with van der Waals surface area (Å²) in [7, 11) is 1.69. The zero-order chi connectivity index (χ0) is 65.6. The first kappa shape index (κ1) is 78.1. The van der Waals surface area contributed by atoms with Crippen LogP contribution in [0.15, 0.2) is 146 Å². The Morgan fingerprint density at radius 1 is 0.314 bits per heavy atom. The van der Waals surface area contributed by atoms with Gasteiger partial charge in [-0.15, -0.1) is 0 Å². The van der Waals surface area contributed by atoms with Crippen LogP contribution in [0.2, 0.25) is 0 Å². The monoisotopic (exact) mass is 1180 g/mol. The molecular formula is C80H124O6. The number of benzene rings is 6. The first-order chi connectivity index (χ1) is 40.1. The van der Waals surface area contributed by atoms with Gasteiger partial charge in [-0.25, -0.2) is 0 Å². The van der Waals surface area contributed by atoms with E-state index < -0.39 is 0 Å². The Morgan fingerprint density at radius 2 is 0.651 bits per heavy atom. The van der Waals surface area contributed by atoms with Crippen LogP contribution in [0.3, 0.4) is 0 Å². The molecule has 0 radical (unpaired) electrons. The molecule has 0 aliphatic heterocycles. The van der Waals surface area contributed by atoms with Crippen LogP contribution in [-0.4, -0.2) is 38.6 Å². The Labute approximate surface area is 528 Å². The molecule has 0 saturated heterocycles. The number of hydrogen-bond donors (Lipinski definition) is 0. The molecule has 0 fully saturated rings. The summed E-state index contributed by atoms with van der Waals surface area (Å²) in [5.74, 6) is 5.80. The first-order valence-corrected chi connectivity index (χ1v) is 32.5. The van der Waals surface area contributed by atoms with Gasteiger partial charge < -0.3 is 28.4 Å². The molecular weight excluding hydrogens is 1060 g/mol. The van der Waals surface area contributed by atoms with E-state index in [4.69, 9.17) is 28.4 Å². The fourth-order valence-electron chi connectivity index (χ4n) is 8.49. The van der Waals surface area contributed by atoms with Crippen LogP contribution in [0.5, 0.6) is 34.5 Å². The third-order valence-corrected chi connectivity index (χ3v) is 17.0. The average Bonchev–Trinajstić information content (AvgIpc) is 3.60. The van der Waals surface area contributed by atoms with E-state index in [1.165, 1.54) is 33.4 Å². The zero-order valence-electron chi connectivity index (χ0n) is 59.7. The third-order valence-electron chi connectivity index (χ3n) is 17.0. The lowest BCUT2D eigenvalue weighted by molar-refractivity contribution is 0.131. The van der Waals surface area contributed by atoms with Crippen molar-refractivity contribution in [1.82, 2.24) is 0 Å². The fourth-order valence-corrected chi connectivity index (χ4v) is 8.49. The van der Waals surface area contributed by atoms with Gasteiger partial charge in [-0.05, 0) is 227 Å². The van der Waals surface area contributed by atoms with Crippen molar-refractivity contribution >= 4 is 0 Å². The van der Waals surface area contributed by atoms with Gasteiger partial charge in [0.15, 0.2) is 0 Å². The topological polar surface area (TPSA) is 55.4 Å². The van der Waals surface area contributed by atoms with Gasteiger partial charge in [0, 0.05) is 0 Å². The SMILES string of the molecule is CCC(C)(C)c1ccc(OC(C)(C)C)cc1.CCC(C)(C)c1ccc(OC(C)C)cc1.CCC(C)(C)c1ccc(OC)cc1.CCOc1ccc(C(C)(C)CC)cc1.CCOc1cccc(C(C)(C)CC)c1.CCOc1ccccc1C(C)(C)CC. The molecule has 0 unspecified atom stereocenters. The van der Waals surface area contributed by atoms with E-state index >= 15 is 0 Å². The molecule has 6 nitrogen and oxygen atoms in total. The molecule has 480 valence electrons. The molecule has 0 aliphatic carbocycles. The lowest BCUT2D eigenvalue weighted by Crippen LogP contribution is -2.23. The van der Waals surface area contributed by atoms with E-state index in [1.807, 2.05) is 58.9 Å². The minimum atomic E-state index is -0.123. The van der Waals surface area contributed by atoms with Crippen molar-refractivity contribution < 1.29 is 28.4 Å². The molecule has 0 aliphatic rings. The molecule has 6 rings (SSSR count). The minimum Gasteiger partial charge on any atom is -0.497 e. The maximum absolute atomic E-state index is 5.80. The Morgan fingerprint density at radius 3 is 1.00 bits per heavy atom. The quantitative estimate of drug-likeness (QED) is 0.0675. The molecule has 0 bridgehead atoms. The normalized spacial score (nSPS) is 11.7. The van der Waals surface area contributed by atoms with Crippen LogP contribution >= 0.6 is 0 Å². The van der Waals surface area contributed by atoms with Crippen LogP contribution < -0.4 is 28.4 Å². The van der Waals surface area contributed by atoms with Crippen molar-refractivity contribution in [2.75, 3.05) is 26.9 Å². The highest BCUT2D eigenvalue weighted by atomic mass is 16.5. The standard InChI is InChI=1S/C15H24O.C14H22O.3C13H20O.C12H18O/c1-7-15(5,6)12-8-10-13(11-9-12)16-14(2,3)4;1-6-14(4,5)12-7-9-13(10-8-12)15-11(2)3;1-5-13(3,4)11-7-9-12(10-8-11)14-6-2;1-5-13(3,4)11-8-7-9-12(10-11)14-6-2;1-5-13(3,4)11-9-7-8-10-12(11)14-6-2;1-5-12(2,3)10-6-8-11(13-4)9-7-10/h8-11H,7H2,1-6H3;7-11H,6H2,1-5H3;3*7-10H,5-6H2,1-4H3;6-9H,5H2,1-4H3. The van der Waals surface area contributed by atoms with Gasteiger partial charge in [0.25, 0.3) is 0 Å². The second kappa shape index (κ2) is 37.1. The van der Waals surface area contributed by atoms with Gasteiger partial charge in [-0.1, -0.05) is 203 Å². The van der Waals surface area contributed by atoms with Crippen molar-refractivity contribution in [2.45, 2.75) is 263 Å². The molecule has 0 amide bonds. The van der Waals surface area contributed by atoms with Crippen LogP contribution in [0.25, 0.3) is 0 Å². The van der Waals surface area contributed by atoms with Gasteiger partial charge in [0.2, 0.25) is 0 Å². The third kappa shape index (κ3) is 27.9. The molecule has 86 heavy (non-hydrogen) atoms. The molecule has 6 heteroatoms. The van der Waals surface area contributed by atoms with E-state index in [0.717, 1.165) is 92.8 Å². The Kier molecular flexibility index (Phi) is 33.7. The summed E-state index contributed by atoms with van der Waals surface area (Å²) in [5, 5.41) is 0. The maximum Gasteiger partial charge on any atom is 0.123 e. The fraction of sp³-hybridized carbons (Fsp3) is 0.550. The smallest absolute Gasteiger partial charge is 0.123 e. The van der Waals surface area contributed by atoms with Gasteiger partial charge >= 0.3 is 0 Å². The zero-order valence-corrected chi connectivity index (χ0v) is 59.7. The molecule has 0 spiro atoms. The van der Waals surface area contributed by atoms with Crippen molar-refractivity contribution in [1.29, 1.82) is 0 Å². The molecule has 0 aromatic heterocycles. The summed E-state index contributed by atoms with van der Waals surface area (Å²) in [4.78, 5) is 0. The van der Waals surface area contributed by atoms with Crippen LogP contribution in [-0.2, 0) is 32.5 Å². The predicted octanol–water partition coefficient (Wildman–Crippen LogP) is 23.4. The molecule has 0 N–H and O–H groups in total. The molecule has 0 atom stereocenters. The van der Waals surface area contributed by atoms with Gasteiger partial charge in [0.1, 0.15) is 40.1 Å². The molecule has 6 aromatic rings. The van der Waals surface area contributed by atoms with Crippen LogP contribution in [0.1, 0.15) is 252 Å². The lowest BCUT2D eigenvalue weighted by atomic mass is 9.82. The highest BCUT2D eigenvalue weighted by Crippen LogP contribution is 2.35. The molecule has 0 heterocycles. The largest absolute Gasteiger partial charge is 0.497 e. The second-order valence-electron chi connectivity index (χ2n) is 27.4. The van der Waals surface area contributed by atoms with Crippen LogP contribution in [0, 0.1) is 0 Å². The lowest BCUT2D eigenvalue weighted by Gasteiger charge is -2.25. The van der Waals surface area contributed by atoms with Crippen molar-refractivity contribution in [3.8, 4) is 34.5 Å². The molecule has 0 saturated carbocycles. The first-order valence-electron chi connectivity index (χ1n) is 32.5. The van der Waals surface area contributed by atoms with Crippen LogP contribution in [0.4, 0.5) is 0 Å². The highest BCUT2D eigenvalue weighted by Gasteiger charge is 2.24. The minimum absolute atomic E-state index is 0.123. The number of methoxy groups -OCH3 is 1. The number of ether oxygens (including phenoxy) is 6. The number of para-hydroxylation sites is 1. The summed E-state index contributed by atoms with van der Waals surface area (Å²) in [6.45, 7) is 59.0. The van der Waals surface area contributed by atoms with Crippen molar-refractivity contribution in [3.05, 3.63) is 179 Å². The average molecular weight is 1180 g/mol. The second-order valence-corrected chi connectivity index (χ2v) is 27.4. The van der Waals surface area contributed by atoms with Crippen molar-refractivity contribution in [2.24, 2.45) is 0 Å². The maximum atomic E-state index is 5.80. The van der Waals surface area contributed by atoms with Crippen molar-refractivity contribution in [3.63, 3.8) is 0 Å². The Bertz CT molecular complexity index is 2720. The summed E-state index contributed by atoms with van der Waals surface area (Å²) in [5.41, 5.74) is 9.53. The highest BCUT2D eigenvalue weighted by molar-refractivity contribution is 5.39. The number of rotatable bonds is 22. The molecule has 6 aromatic carbocycles. The number of hydrogen-bond acceptors (Lipinski definition) is 6. The van der Waals surface area contributed by atoms with E-state index in [-0.39, 0.29) is 44.2 Å². The summed E-state index contributed by atoms with van der Waals surface area (Å²) in [6.07, 6.45) is 7.11. The Hall–Kier alpha value is -5.88. The van der Waals surface area contributed by atoms with Gasteiger partial charge in [-0.3, -0.25) is 0 Å². The van der Waals surface area contributed by atoms with E-state index in [0.29, 0.717) is 0 Å².